The molecule has 0 saturated carbocycles. The Bertz CT molecular complexity index is 772. The Labute approximate surface area is 151 Å². The summed E-state index contributed by atoms with van der Waals surface area (Å²) in [4.78, 5) is 23.4. The number of hydrazone groups is 1. The zero-order valence-electron chi connectivity index (χ0n) is 14.3. The Hall–Kier alpha value is -3.35. The number of phenols is 1. The van der Waals surface area contributed by atoms with E-state index in [4.69, 9.17) is 9.47 Å². The summed E-state index contributed by atoms with van der Waals surface area (Å²) in [5.41, 5.74) is 3.40. The SMILES string of the molecule is CCCOC(=O)c1ccc(OCC(=O)N/N=C/c2cccc(O)c2)cc1. The summed E-state index contributed by atoms with van der Waals surface area (Å²) in [5, 5.41) is 13.1. The number of nitrogens with zero attached hydrogens (tertiary/aromatic N) is 1. The number of phenolic OH excluding ortho intramolecular Hbond substituents is 1. The second kappa shape index (κ2) is 9.83. The lowest BCUT2D eigenvalue weighted by atomic mass is 10.2. The predicted octanol–water partition coefficient (Wildman–Crippen LogP) is 2.49. The van der Waals surface area contributed by atoms with Gasteiger partial charge in [-0.05, 0) is 48.4 Å². The van der Waals surface area contributed by atoms with E-state index in [2.05, 4.69) is 10.5 Å². The monoisotopic (exact) mass is 356 g/mol. The van der Waals surface area contributed by atoms with Crippen LogP contribution in [-0.4, -0.2) is 36.4 Å². The summed E-state index contributed by atoms with van der Waals surface area (Å²) in [6.45, 7) is 2.07. The van der Waals surface area contributed by atoms with E-state index in [1.807, 2.05) is 6.92 Å². The highest BCUT2D eigenvalue weighted by Gasteiger charge is 2.07. The van der Waals surface area contributed by atoms with Gasteiger partial charge < -0.3 is 14.6 Å². The fraction of sp³-hybridized carbons (Fsp3) is 0.211. The van der Waals surface area contributed by atoms with Gasteiger partial charge in [0.25, 0.3) is 5.91 Å². The molecule has 2 aromatic rings. The van der Waals surface area contributed by atoms with Crippen LogP contribution in [0.25, 0.3) is 0 Å². The first kappa shape index (κ1) is 19.0. The molecule has 0 atom stereocenters. The third-order valence-electron chi connectivity index (χ3n) is 3.17. The molecule has 2 rings (SSSR count). The molecule has 0 aromatic heterocycles. The van der Waals surface area contributed by atoms with Crippen molar-refractivity contribution in [1.82, 2.24) is 5.43 Å². The van der Waals surface area contributed by atoms with E-state index >= 15 is 0 Å². The van der Waals surface area contributed by atoms with Crippen LogP contribution in [0.1, 0.15) is 29.3 Å². The van der Waals surface area contributed by atoms with Crippen LogP contribution in [0.3, 0.4) is 0 Å². The van der Waals surface area contributed by atoms with E-state index in [9.17, 15) is 14.7 Å². The third-order valence-corrected chi connectivity index (χ3v) is 3.17. The number of ether oxygens (including phenoxy) is 2. The average molecular weight is 356 g/mol. The highest BCUT2D eigenvalue weighted by molar-refractivity contribution is 5.89. The number of hydrogen-bond acceptors (Lipinski definition) is 6. The molecule has 0 saturated heterocycles. The fourth-order valence-electron chi connectivity index (χ4n) is 1.93. The van der Waals surface area contributed by atoms with Gasteiger partial charge in [-0.15, -0.1) is 0 Å². The first-order chi connectivity index (χ1) is 12.6. The standard InChI is InChI=1S/C19H20N2O5/c1-2-10-25-19(24)15-6-8-17(9-7-15)26-13-18(23)21-20-12-14-4-3-5-16(22)11-14/h3-9,11-12,22H,2,10,13H2,1H3,(H,21,23)/b20-12+. The largest absolute Gasteiger partial charge is 0.508 e. The number of nitrogens with one attached hydrogen (secondary N) is 1. The zero-order chi connectivity index (χ0) is 18.8. The van der Waals surface area contributed by atoms with Crippen molar-refractivity contribution in [3.8, 4) is 11.5 Å². The summed E-state index contributed by atoms with van der Waals surface area (Å²) in [6, 6.07) is 12.8. The summed E-state index contributed by atoms with van der Waals surface area (Å²) < 4.78 is 10.4. The molecule has 0 fully saturated rings. The lowest BCUT2D eigenvalue weighted by molar-refractivity contribution is -0.123. The first-order valence-electron chi connectivity index (χ1n) is 8.09. The highest BCUT2D eigenvalue weighted by Crippen LogP contribution is 2.13. The van der Waals surface area contributed by atoms with Crippen LogP contribution in [0.5, 0.6) is 11.5 Å². The fourth-order valence-corrected chi connectivity index (χ4v) is 1.93. The predicted molar refractivity (Wildman–Crippen MR) is 96.4 cm³/mol. The maximum Gasteiger partial charge on any atom is 0.338 e. The van der Waals surface area contributed by atoms with Gasteiger partial charge in [-0.1, -0.05) is 19.1 Å². The molecule has 7 heteroatoms. The molecule has 0 aliphatic carbocycles. The van der Waals surface area contributed by atoms with Crippen LogP contribution in [-0.2, 0) is 9.53 Å². The number of rotatable bonds is 8. The quantitative estimate of drug-likeness (QED) is 0.430. The van der Waals surface area contributed by atoms with Crippen molar-refractivity contribution in [1.29, 1.82) is 0 Å². The molecule has 2 aromatic carbocycles. The molecule has 0 heterocycles. The van der Waals surface area contributed by atoms with Gasteiger partial charge in [-0.25, -0.2) is 10.2 Å². The zero-order valence-corrected chi connectivity index (χ0v) is 14.3. The van der Waals surface area contributed by atoms with Gasteiger partial charge >= 0.3 is 5.97 Å². The summed E-state index contributed by atoms with van der Waals surface area (Å²) in [6.07, 6.45) is 2.17. The maximum atomic E-state index is 11.7. The van der Waals surface area contributed by atoms with E-state index in [0.717, 1.165) is 6.42 Å². The van der Waals surface area contributed by atoms with Crippen LogP contribution in [0.2, 0.25) is 0 Å². The number of carbonyl (C=O) groups is 2. The van der Waals surface area contributed by atoms with Gasteiger partial charge in [0.05, 0.1) is 18.4 Å². The van der Waals surface area contributed by atoms with Crippen LogP contribution >= 0.6 is 0 Å². The number of amides is 1. The normalized spacial score (nSPS) is 10.5. The van der Waals surface area contributed by atoms with E-state index in [1.54, 1.807) is 42.5 Å². The number of benzene rings is 2. The van der Waals surface area contributed by atoms with Crippen LogP contribution in [0, 0.1) is 0 Å². The molecule has 0 radical (unpaired) electrons. The van der Waals surface area contributed by atoms with Gasteiger partial charge in [0.1, 0.15) is 11.5 Å². The molecule has 136 valence electrons. The van der Waals surface area contributed by atoms with Crippen LogP contribution in [0.4, 0.5) is 0 Å². The van der Waals surface area contributed by atoms with Gasteiger partial charge in [0.2, 0.25) is 0 Å². The van der Waals surface area contributed by atoms with Gasteiger partial charge in [0, 0.05) is 0 Å². The average Bonchev–Trinajstić information content (AvgIpc) is 2.65. The van der Waals surface area contributed by atoms with Gasteiger partial charge in [-0.2, -0.15) is 5.10 Å². The second-order valence-corrected chi connectivity index (χ2v) is 5.34. The summed E-state index contributed by atoms with van der Waals surface area (Å²) >= 11 is 0. The van der Waals surface area contributed by atoms with Crippen molar-refractivity contribution >= 4 is 18.1 Å². The molecule has 0 aliphatic heterocycles. The Kier molecular flexibility index (Phi) is 7.17. The molecular formula is C19H20N2O5. The van der Waals surface area contributed by atoms with Crippen molar-refractivity contribution in [2.75, 3.05) is 13.2 Å². The minimum Gasteiger partial charge on any atom is -0.508 e. The van der Waals surface area contributed by atoms with Gasteiger partial charge in [-0.3, -0.25) is 4.79 Å². The van der Waals surface area contributed by atoms with E-state index < -0.39 is 11.9 Å². The number of esters is 1. The minimum atomic E-state index is -0.437. The lowest BCUT2D eigenvalue weighted by Crippen LogP contribution is -2.24. The highest BCUT2D eigenvalue weighted by atomic mass is 16.5. The number of carbonyl (C=O) groups excluding carboxylic acids is 2. The number of aromatic hydroxyl groups is 1. The van der Waals surface area contributed by atoms with Crippen molar-refractivity contribution in [2.24, 2.45) is 5.10 Å². The Morgan fingerprint density at radius 1 is 1.19 bits per heavy atom. The molecule has 26 heavy (non-hydrogen) atoms. The maximum absolute atomic E-state index is 11.7. The van der Waals surface area contributed by atoms with Gasteiger partial charge in [0.15, 0.2) is 6.61 Å². The Morgan fingerprint density at radius 3 is 2.65 bits per heavy atom. The minimum absolute atomic E-state index is 0.116. The topological polar surface area (TPSA) is 97.2 Å². The first-order valence-corrected chi connectivity index (χ1v) is 8.09. The molecule has 2 N–H and O–H groups in total. The van der Waals surface area contributed by atoms with Crippen molar-refractivity contribution in [3.05, 3.63) is 59.7 Å². The van der Waals surface area contributed by atoms with E-state index in [1.165, 1.54) is 12.3 Å². The lowest BCUT2D eigenvalue weighted by Gasteiger charge is -2.06. The summed E-state index contributed by atoms with van der Waals surface area (Å²) in [5.74, 6) is -0.264. The molecule has 0 spiro atoms. The van der Waals surface area contributed by atoms with E-state index in [-0.39, 0.29) is 12.4 Å². The molecule has 7 nitrogen and oxygen atoms in total. The molecule has 0 aliphatic rings. The Balaban J connectivity index is 1.77. The van der Waals surface area contributed by atoms with Crippen molar-refractivity contribution in [3.63, 3.8) is 0 Å². The smallest absolute Gasteiger partial charge is 0.338 e. The van der Waals surface area contributed by atoms with Crippen molar-refractivity contribution < 1.29 is 24.2 Å². The van der Waals surface area contributed by atoms with Crippen LogP contribution < -0.4 is 10.2 Å². The second-order valence-electron chi connectivity index (χ2n) is 5.34. The third kappa shape index (κ3) is 6.27. The van der Waals surface area contributed by atoms with Crippen molar-refractivity contribution in [2.45, 2.75) is 13.3 Å². The van der Waals surface area contributed by atoms with Crippen LogP contribution in [0.15, 0.2) is 53.6 Å². The Morgan fingerprint density at radius 2 is 1.96 bits per heavy atom. The summed E-state index contributed by atoms with van der Waals surface area (Å²) in [7, 11) is 0. The van der Waals surface area contributed by atoms with E-state index in [0.29, 0.717) is 23.5 Å². The molecule has 1 amide bonds. The molecule has 0 bridgehead atoms. The molecular weight excluding hydrogens is 336 g/mol. The molecule has 0 unspecified atom stereocenters. The number of hydrogen-bond donors (Lipinski definition) is 2.